The zero-order valence-corrected chi connectivity index (χ0v) is 18.3. The third-order valence-corrected chi connectivity index (χ3v) is 4.48. The number of pyridine rings is 1. The number of anilines is 1. The molecule has 0 unspecified atom stereocenters. The number of methoxy groups -OCH3 is 3. The van der Waals surface area contributed by atoms with Crippen molar-refractivity contribution in [2.24, 2.45) is 0 Å². The molecule has 0 aliphatic rings. The van der Waals surface area contributed by atoms with Gasteiger partial charge in [-0.25, -0.2) is 4.98 Å². The van der Waals surface area contributed by atoms with Crippen LogP contribution in [0.2, 0.25) is 0 Å². The van der Waals surface area contributed by atoms with Gasteiger partial charge in [-0.3, -0.25) is 4.79 Å². The lowest BCUT2D eigenvalue weighted by molar-refractivity contribution is 0.102. The number of nitrogens with zero attached hydrogens (tertiary/aromatic N) is 1. The van der Waals surface area contributed by atoms with E-state index in [2.05, 4.69) is 10.3 Å². The van der Waals surface area contributed by atoms with Crippen LogP contribution in [0.5, 0.6) is 23.1 Å². The Labute approximate surface area is 187 Å². The molecule has 1 aromatic heterocycles. The molecule has 0 aliphatic carbocycles. The molecule has 0 spiro atoms. The normalized spacial score (nSPS) is 10.3. The van der Waals surface area contributed by atoms with Crippen LogP contribution in [-0.4, -0.2) is 45.4 Å². The molecule has 32 heavy (non-hydrogen) atoms. The molecule has 8 heteroatoms. The van der Waals surface area contributed by atoms with Crippen LogP contribution in [0.15, 0.2) is 60.8 Å². The maximum atomic E-state index is 12.8. The average molecular weight is 438 g/mol. The number of carbonyl (C=O) groups excluding carboxylic acids is 1. The Morgan fingerprint density at radius 3 is 2.22 bits per heavy atom. The van der Waals surface area contributed by atoms with E-state index in [4.69, 9.17) is 23.7 Å². The summed E-state index contributed by atoms with van der Waals surface area (Å²) in [5.74, 6) is 1.32. The molecule has 1 amide bonds. The summed E-state index contributed by atoms with van der Waals surface area (Å²) in [6.45, 7) is 1.20. The van der Waals surface area contributed by atoms with Crippen molar-refractivity contribution in [2.75, 3.05) is 39.9 Å². The Morgan fingerprint density at radius 2 is 1.62 bits per heavy atom. The maximum absolute atomic E-state index is 12.8. The van der Waals surface area contributed by atoms with Gasteiger partial charge in [0.05, 0.1) is 32.7 Å². The van der Waals surface area contributed by atoms with E-state index in [1.807, 2.05) is 30.3 Å². The van der Waals surface area contributed by atoms with Crippen LogP contribution in [0, 0.1) is 0 Å². The Bertz CT molecular complexity index is 984. The second-order valence-electron chi connectivity index (χ2n) is 6.66. The third-order valence-electron chi connectivity index (χ3n) is 4.48. The Hall–Kier alpha value is -3.78. The van der Waals surface area contributed by atoms with Crippen LogP contribution in [0.1, 0.15) is 15.9 Å². The maximum Gasteiger partial charge on any atom is 0.255 e. The predicted octanol–water partition coefficient (Wildman–Crippen LogP) is 3.96. The highest BCUT2D eigenvalue weighted by Gasteiger charge is 2.18. The van der Waals surface area contributed by atoms with E-state index >= 15 is 0 Å². The molecule has 3 aromatic rings. The van der Waals surface area contributed by atoms with Crippen LogP contribution in [0.4, 0.5) is 5.69 Å². The van der Waals surface area contributed by atoms with Gasteiger partial charge >= 0.3 is 0 Å². The minimum atomic E-state index is -0.342. The van der Waals surface area contributed by atoms with Gasteiger partial charge in [-0.15, -0.1) is 0 Å². The highest BCUT2D eigenvalue weighted by atomic mass is 16.5. The van der Waals surface area contributed by atoms with Crippen molar-refractivity contribution >= 4 is 11.6 Å². The molecule has 8 nitrogen and oxygen atoms in total. The van der Waals surface area contributed by atoms with Crippen molar-refractivity contribution in [3.63, 3.8) is 0 Å². The van der Waals surface area contributed by atoms with E-state index in [1.165, 1.54) is 20.4 Å². The number of benzene rings is 2. The van der Waals surface area contributed by atoms with Crippen LogP contribution in [0.3, 0.4) is 0 Å². The Morgan fingerprint density at radius 1 is 0.906 bits per heavy atom. The van der Waals surface area contributed by atoms with Gasteiger partial charge < -0.3 is 29.0 Å². The van der Waals surface area contributed by atoms with Crippen molar-refractivity contribution in [1.29, 1.82) is 0 Å². The molecule has 2 aromatic carbocycles. The molecular weight excluding hydrogens is 412 g/mol. The number of nitrogens with one attached hydrogen (secondary N) is 1. The fourth-order valence-corrected chi connectivity index (χ4v) is 2.86. The molecule has 0 aliphatic heterocycles. The van der Waals surface area contributed by atoms with Gasteiger partial charge in [-0.05, 0) is 23.8 Å². The molecule has 0 fully saturated rings. The van der Waals surface area contributed by atoms with E-state index in [0.717, 1.165) is 5.56 Å². The lowest BCUT2D eigenvalue weighted by Gasteiger charge is -2.16. The second kappa shape index (κ2) is 11.6. The number of hydrogen-bond donors (Lipinski definition) is 1. The monoisotopic (exact) mass is 438 g/mol. The molecule has 0 saturated heterocycles. The summed E-state index contributed by atoms with van der Waals surface area (Å²) in [6.07, 6.45) is 1.52. The van der Waals surface area contributed by atoms with Gasteiger partial charge in [0.2, 0.25) is 11.6 Å². The molecule has 1 heterocycles. The first-order chi connectivity index (χ1) is 15.6. The molecule has 3 rings (SSSR count). The first-order valence-corrected chi connectivity index (χ1v) is 9.96. The van der Waals surface area contributed by atoms with Crippen molar-refractivity contribution in [3.05, 3.63) is 71.9 Å². The summed E-state index contributed by atoms with van der Waals surface area (Å²) in [5, 5.41) is 2.80. The zero-order valence-electron chi connectivity index (χ0n) is 18.3. The molecule has 0 bridgehead atoms. The summed E-state index contributed by atoms with van der Waals surface area (Å²) >= 11 is 0. The number of ether oxygens (including phenoxy) is 5. The lowest BCUT2D eigenvalue weighted by Crippen LogP contribution is -2.13. The quantitative estimate of drug-likeness (QED) is 0.454. The van der Waals surface area contributed by atoms with E-state index in [1.54, 1.807) is 31.4 Å². The smallest absolute Gasteiger partial charge is 0.255 e. The van der Waals surface area contributed by atoms with E-state index < -0.39 is 0 Å². The summed E-state index contributed by atoms with van der Waals surface area (Å²) in [4.78, 5) is 17.0. The van der Waals surface area contributed by atoms with Crippen molar-refractivity contribution in [2.45, 2.75) is 6.61 Å². The lowest BCUT2D eigenvalue weighted by atomic mass is 10.1. The van der Waals surface area contributed by atoms with Gasteiger partial charge in [0.15, 0.2) is 11.5 Å². The molecule has 0 saturated carbocycles. The van der Waals surface area contributed by atoms with Crippen LogP contribution in [0.25, 0.3) is 0 Å². The van der Waals surface area contributed by atoms with Crippen molar-refractivity contribution in [1.82, 2.24) is 4.98 Å². The van der Waals surface area contributed by atoms with E-state index in [-0.39, 0.29) is 5.91 Å². The third kappa shape index (κ3) is 6.12. The standard InChI is InChI=1S/C24H26N2O6/c1-28-11-12-31-22-10-9-19(15-25-22)26-24(27)18-13-20(29-2)23(21(14-18)30-3)32-16-17-7-5-4-6-8-17/h4-10,13-15H,11-12,16H2,1-3H3,(H,26,27). The number of aromatic nitrogens is 1. The summed E-state index contributed by atoms with van der Waals surface area (Å²) in [7, 11) is 4.62. The molecule has 0 radical (unpaired) electrons. The molecule has 0 atom stereocenters. The fourth-order valence-electron chi connectivity index (χ4n) is 2.86. The largest absolute Gasteiger partial charge is 0.493 e. The van der Waals surface area contributed by atoms with Crippen molar-refractivity contribution in [3.8, 4) is 23.1 Å². The molecule has 168 valence electrons. The minimum Gasteiger partial charge on any atom is -0.493 e. The molecule has 1 N–H and O–H groups in total. The van der Waals surface area contributed by atoms with E-state index in [9.17, 15) is 4.79 Å². The first-order valence-electron chi connectivity index (χ1n) is 9.96. The van der Waals surface area contributed by atoms with Crippen LogP contribution >= 0.6 is 0 Å². The van der Waals surface area contributed by atoms with Gasteiger partial charge in [-0.1, -0.05) is 30.3 Å². The van der Waals surface area contributed by atoms with Crippen molar-refractivity contribution < 1.29 is 28.5 Å². The first kappa shape index (κ1) is 22.9. The zero-order chi connectivity index (χ0) is 22.8. The predicted molar refractivity (Wildman–Crippen MR) is 120 cm³/mol. The van der Waals surface area contributed by atoms with Gasteiger partial charge in [0.25, 0.3) is 5.91 Å². The highest BCUT2D eigenvalue weighted by Crippen LogP contribution is 2.39. The number of carbonyl (C=O) groups is 1. The SMILES string of the molecule is COCCOc1ccc(NC(=O)c2cc(OC)c(OCc3ccccc3)c(OC)c2)cn1. The topological polar surface area (TPSA) is 88.1 Å². The van der Waals surface area contributed by atoms with Gasteiger partial charge in [0.1, 0.15) is 13.2 Å². The van der Waals surface area contributed by atoms with Gasteiger partial charge in [-0.2, -0.15) is 0 Å². The molecular formula is C24H26N2O6. The minimum absolute atomic E-state index is 0.337. The van der Waals surface area contributed by atoms with Crippen LogP contribution in [-0.2, 0) is 11.3 Å². The second-order valence-corrected chi connectivity index (χ2v) is 6.66. The highest BCUT2D eigenvalue weighted by molar-refractivity contribution is 6.05. The number of rotatable bonds is 11. The summed E-state index contributed by atoms with van der Waals surface area (Å²) in [6, 6.07) is 16.3. The summed E-state index contributed by atoms with van der Waals surface area (Å²) in [5.41, 5.74) is 1.88. The van der Waals surface area contributed by atoms with Crippen LogP contribution < -0.4 is 24.3 Å². The van der Waals surface area contributed by atoms with Gasteiger partial charge in [0, 0.05) is 18.7 Å². The summed E-state index contributed by atoms with van der Waals surface area (Å²) < 4.78 is 27.2. The Balaban J connectivity index is 1.72. The number of amides is 1. The Kier molecular flexibility index (Phi) is 8.28. The fraction of sp³-hybridized carbons (Fsp3) is 0.250. The average Bonchev–Trinajstić information content (AvgIpc) is 2.84. The van der Waals surface area contributed by atoms with E-state index in [0.29, 0.717) is 54.2 Å². The number of hydrogen-bond acceptors (Lipinski definition) is 7.